The van der Waals surface area contributed by atoms with E-state index in [0.717, 1.165) is 25.2 Å². The molecular weight excluding hydrogens is 448 g/mol. The van der Waals surface area contributed by atoms with E-state index in [9.17, 15) is 29.4 Å². The maximum absolute atomic E-state index is 10.9. The molecule has 182 valence electrons. The molecule has 0 atom stereocenters. The summed E-state index contributed by atoms with van der Waals surface area (Å²) in [6, 6.07) is 8.26. The van der Waals surface area contributed by atoms with Crippen molar-refractivity contribution in [3.05, 3.63) is 58.7 Å². The molecule has 2 amide bonds. The van der Waals surface area contributed by atoms with Crippen molar-refractivity contribution < 1.29 is 39.6 Å². The maximum Gasteiger partial charge on any atom is 0.339 e. The molecule has 0 radical (unpaired) electrons. The normalized spacial score (nSPS) is 9.88. The van der Waals surface area contributed by atoms with Crippen LogP contribution >= 0.6 is 0 Å². The van der Waals surface area contributed by atoms with E-state index in [2.05, 4.69) is 10.2 Å². The number of hydrogen-bond acceptors (Lipinski definition) is 8. The smallest absolute Gasteiger partial charge is 0.339 e. The third-order valence-electron chi connectivity index (χ3n) is 3.48. The molecule has 0 spiro atoms. The summed E-state index contributed by atoms with van der Waals surface area (Å²) in [4.78, 5) is 43.6. The van der Waals surface area contributed by atoms with E-state index < -0.39 is 23.4 Å². The largest absolute Gasteiger partial charge is 0.506 e. The Hall–Kier alpha value is -4.74. The fourth-order valence-corrected chi connectivity index (χ4v) is 1.87. The molecule has 0 aliphatic carbocycles. The van der Waals surface area contributed by atoms with Crippen LogP contribution in [0.15, 0.2) is 46.6 Å². The summed E-state index contributed by atoms with van der Waals surface area (Å²) in [6.45, 7) is 0. The number of para-hydroxylation sites is 2. The summed E-state index contributed by atoms with van der Waals surface area (Å²) in [6.07, 6.45) is 3.77. The van der Waals surface area contributed by atoms with Crippen LogP contribution in [0.5, 0.6) is 11.5 Å². The molecule has 0 saturated carbocycles. The van der Waals surface area contributed by atoms with Crippen molar-refractivity contribution in [1.82, 2.24) is 9.80 Å². The molecule has 4 N–H and O–H groups in total. The molecule has 2 aromatic rings. The van der Waals surface area contributed by atoms with Gasteiger partial charge in [0.15, 0.2) is 0 Å². The van der Waals surface area contributed by atoms with Crippen molar-refractivity contribution in [2.24, 2.45) is 10.2 Å². The van der Waals surface area contributed by atoms with Crippen molar-refractivity contribution in [2.45, 2.75) is 0 Å². The lowest BCUT2D eigenvalue weighted by atomic mass is 10.1. The molecule has 0 aliphatic rings. The van der Waals surface area contributed by atoms with Crippen LogP contribution in [0.25, 0.3) is 0 Å². The highest BCUT2D eigenvalue weighted by Gasteiger charge is 2.12. The predicted octanol–water partition coefficient (Wildman–Crippen LogP) is 1.36. The molecule has 2 aromatic carbocycles. The summed E-state index contributed by atoms with van der Waals surface area (Å²) >= 11 is 0. The predicted molar refractivity (Wildman–Crippen MR) is 125 cm³/mol. The minimum Gasteiger partial charge on any atom is -0.506 e. The second-order valence-corrected chi connectivity index (χ2v) is 6.72. The molecule has 0 bridgehead atoms. The average molecular weight is 474 g/mol. The Morgan fingerprint density at radius 3 is 1.24 bits per heavy atom. The number of carboxylic acid groups (broad SMARTS) is 2. The molecule has 0 unspecified atom stereocenters. The number of aromatic hydroxyl groups is 2. The lowest BCUT2D eigenvalue weighted by molar-refractivity contribution is -0.116. The SMILES string of the molecule is CN(C)C=O.CN(C)C=O.O=C(O)c1cccc(/C=N/N=C/c2cccc(C(=O)O)c2O)c1O. The Kier molecular flexibility index (Phi) is 13.0. The second kappa shape index (κ2) is 15.1. The van der Waals surface area contributed by atoms with Gasteiger partial charge in [0.25, 0.3) is 0 Å². The van der Waals surface area contributed by atoms with Gasteiger partial charge in [-0.2, -0.15) is 10.2 Å². The van der Waals surface area contributed by atoms with E-state index in [-0.39, 0.29) is 22.3 Å². The highest BCUT2D eigenvalue weighted by atomic mass is 16.4. The topological polar surface area (TPSA) is 180 Å². The number of benzene rings is 2. The fourth-order valence-electron chi connectivity index (χ4n) is 1.87. The summed E-state index contributed by atoms with van der Waals surface area (Å²) in [7, 11) is 6.75. The summed E-state index contributed by atoms with van der Waals surface area (Å²) in [5.74, 6) is -3.44. The molecule has 12 heteroatoms. The third kappa shape index (κ3) is 10.5. The van der Waals surface area contributed by atoms with E-state index >= 15 is 0 Å². The Morgan fingerprint density at radius 1 is 0.706 bits per heavy atom. The van der Waals surface area contributed by atoms with Gasteiger partial charge in [0.2, 0.25) is 12.8 Å². The minimum atomic E-state index is -1.28. The first kappa shape index (κ1) is 29.3. The van der Waals surface area contributed by atoms with Crippen LogP contribution in [0.2, 0.25) is 0 Å². The first-order valence-corrected chi connectivity index (χ1v) is 9.36. The average Bonchev–Trinajstić information content (AvgIpc) is 2.78. The number of rotatable bonds is 7. The molecule has 0 saturated heterocycles. The number of hydrogen-bond donors (Lipinski definition) is 4. The van der Waals surface area contributed by atoms with Crippen LogP contribution in [-0.2, 0) is 9.59 Å². The first-order valence-electron chi connectivity index (χ1n) is 9.36. The van der Waals surface area contributed by atoms with Crippen molar-refractivity contribution in [1.29, 1.82) is 0 Å². The van der Waals surface area contributed by atoms with Gasteiger partial charge in [-0.05, 0) is 24.3 Å². The van der Waals surface area contributed by atoms with Gasteiger partial charge in [-0.1, -0.05) is 12.1 Å². The van der Waals surface area contributed by atoms with E-state index in [1.165, 1.54) is 46.2 Å². The molecular formula is C22H26N4O8. The van der Waals surface area contributed by atoms with Crippen LogP contribution in [0.3, 0.4) is 0 Å². The van der Waals surface area contributed by atoms with Crippen LogP contribution in [0.1, 0.15) is 31.8 Å². The third-order valence-corrected chi connectivity index (χ3v) is 3.48. The zero-order chi connectivity index (χ0) is 26.3. The standard InChI is InChI=1S/C16H12N2O6.2C3H7NO/c19-13-9(3-1-5-11(13)15(21)22)7-17-18-8-10-4-2-6-12(14(10)20)16(23)24;2*1-4(2)3-5/h1-8,19-20H,(H,21,22)(H,23,24);2*3H,1-2H3/b17-7+,18-8+;;. The number of carboxylic acids is 2. The zero-order valence-corrected chi connectivity index (χ0v) is 19.0. The van der Waals surface area contributed by atoms with Gasteiger partial charge in [0, 0.05) is 39.3 Å². The number of carbonyl (C=O) groups excluding carboxylic acids is 2. The van der Waals surface area contributed by atoms with Crippen molar-refractivity contribution >= 4 is 37.2 Å². The second-order valence-electron chi connectivity index (χ2n) is 6.72. The minimum absolute atomic E-state index is 0.149. The number of amides is 2. The van der Waals surface area contributed by atoms with Gasteiger partial charge in [-0.25, -0.2) is 9.59 Å². The van der Waals surface area contributed by atoms with Gasteiger partial charge >= 0.3 is 11.9 Å². The number of phenols is 2. The Labute approximate surface area is 195 Å². The van der Waals surface area contributed by atoms with Crippen LogP contribution in [-0.4, -0.2) is 95.6 Å². The van der Waals surface area contributed by atoms with E-state index in [1.54, 1.807) is 28.2 Å². The number of aromatic carboxylic acids is 2. The molecule has 0 aromatic heterocycles. The van der Waals surface area contributed by atoms with Crippen LogP contribution in [0, 0.1) is 0 Å². The maximum atomic E-state index is 10.9. The molecule has 2 rings (SSSR count). The zero-order valence-electron chi connectivity index (χ0n) is 19.0. The van der Waals surface area contributed by atoms with Gasteiger partial charge in [0.05, 0.1) is 12.4 Å². The van der Waals surface area contributed by atoms with Gasteiger partial charge < -0.3 is 30.2 Å². The molecule has 0 aliphatic heterocycles. The van der Waals surface area contributed by atoms with Crippen molar-refractivity contribution in [2.75, 3.05) is 28.2 Å². The first-order chi connectivity index (χ1) is 16.0. The molecule has 0 heterocycles. The van der Waals surface area contributed by atoms with Crippen molar-refractivity contribution in [3.63, 3.8) is 0 Å². The fraction of sp³-hybridized carbons (Fsp3) is 0.182. The van der Waals surface area contributed by atoms with Crippen LogP contribution in [0.4, 0.5) is 0 Å². The monoisotopic (exact) mass is 474 g/mol. The molecule has 12 nitrogen and oxygen atoms in total. The summed E-state index contributed by atoms with van der Waals surface area (Å²) in [5.41, 5.74) is -0.240. The molecule has 34 heavy (non-hydrogen) atoms. The highest BCUT2D eigenvalue weighted by Crippen LogP contribution is 2.22. The van der Waals surface area contributed by atoms with Gasteiger partial charge in [-0.15, -0.1) is 0 Å². The highest BCUT2D eigenvalue weighted by molar-refractivity contribution is 5.97. The van der Waals surface area contributed by atoms with E-state index in [1.807, 2.05) is 0 Å². The lowest BCUT2D eigenvalue weighted by Crippen LogP contribution is -2.06. The quantitative estimate of drug-likeness (QED) is 0.264. The van der Waals surface area contributed by atoms with Gasteiger partial charge in [-0.3, -0.25) is 9.59 Å². The van der Waals surface area contributed by atoms with E-state index in [4.69, 9.17) is 10.2 Å². The number of carbonyl (C=O) groups is 4. The molecule has 0 fully saturated rings. The lowest BCUT2D eigenvalue weighted by Gasteiger charge is -2.02. The summed E-state index contributed by atoms with van der Waals surface area (Å²) < 4.78 is 0. The van der Waals surface area contributed by atoms with E-state index in [0.29, 0.717) is 0 Å². The Balaban J connectivity index is 0.000000916. The summed E-state index contributed by atoms with van der Waals surface area (Å²) in [5, 5.41) is 44.7. The number of nitrogens with zero attached hydrogens (tertiary/aromatic N) is 4. The Morgan fingerprint density at radius 2 is 1.00 bits per heavy atom. The van der Waals surface area contributed by atoms with Gasteiger partial charge in [0.1, 0.15) is 22.6 Å². The van der Waals surface area contributed by atoms with Crippen molar-refractivity contribution in [3.8, 4) is 11.5 Å². The van der Waals surface area contributed by atoms with Crippen LogP contribution < -0.4 is 0 Å². The Bertz CT molecular complexity index is 966.